The maximum Gasteiger partial charge on any atom is 0.0707 e. The smallest absolute Gasteiger partial charge is 0.0707 e. The second-order valence-electron chi connectivity index (χ2n) is 5.01. The van der Waals surface area contributed by atoms with Crippen LogP contribution in [-0.2, 0) is 9.47 Å². The van der Waals surface area contributed by atoms with Gasteiger partial charge in [0, 0.05) is 17.3 Å². The molecule has 0 saturated carbocycles. The van der Waals surface area contributed by atoms with E-state index < -0.39 is 0 Å². The van der Waals surface area contributed by atoms with Gasteiger partial charge in [-0.3, -0.25) is 0 Å². The van der Waals surface area contributed by atoms with Gasteiger partial charge in [0.15, 0.2) is 0 Å². The normalized spacial score (nSPS) is 11.6. The summed E-state index contributed by atoms with van der Waals surface area (Å²) >= 11 is 5.88. The van der Waals surface area contributed by atoms with Gasteiger partial charge in [0.05, 0.1) is 25.4 Å². The molecule has 0 aromatic heterocycles. The lowest BCUT2D eigenvalue weighted by molar-refractivity contribution is -0.0335. The molecule has 1 aromatic carbocycles. The summed E-state index contributed by atoms with van der Waals surface area (Å²) in [5.41, 5.74) is 0.916. The van der Waals surface area contributed by atoms with Crippen LogP contribution in [0.5, 0.6) is 0 Å². The molecule has 3 nitrogen and oxygen atoms in total. The van der Waals surface area contributed by atoms with Gasteiger partial charge >= 0.3 is 0 Å². The minimum Gasteiger partial charge on any atom is -0.383 e. The molecule has 0 heterocycles. The molecule has 0 unspecified atom stereocenters. The zero-order chi connectivity index (χ0) is 13.4. The molecule has 0 fully saturated rings. The first-order valence-electron chi connectivity index (χ1n) is 6.18. The molecular formula is C14H22ClNO2. The maximum atomic E-state index is 5.88. The Bertz CT molecular complexity index is 350. The van der Waals surface area contributed by atoms with Crippen LogP contribution in [0.3, 0.4) is 0 Å². The highest BCUT2D eigenvalue weighted by molar-refractivity contribution is 6.30. The van der Waals surface area contributed by atoms with Crippen LogP contribution in [0.25, 0.3) is 0 Å². The molecule has 0 aliphatic carbocycles. The Morgan fingerprint density at radius 1 is 1.17 bits per heavy atom. The van der Waals surface area contributed by atoms with Crippen LogP contribution in [-0.4, -0.2) is 32.0 Å². The lowest BCUT2D eigenvalue weighted by Gasteiger charge is -2.19. The van der Waals surface area contributed by atoms with E-state index in [2.05, 4.69) is 5.32 Å². The Balaban J connectivity index is 2.02. The topological polar surface area (TPSA) is 30.5 Å². The van der Waals surface area contributed by atoms with Crippen LogP contribution in [0.15, 0.2) is 24.3 Å². The second kappa shape index (κ2) is 7.62. The average Bonchev–Trinajstić information content (AvgIpc) is 2.26. The number of benzene rings is 1. The zero-order valence-electron chi connectivity index (χ0n) is 11.3. The van der Waals surface area contributed by atoms with E-state index in [1.807, 2.05) is 45.0 Å². The second-order valence-corrected chi connectivity index (χ2v) is 5.45. The first-order valence-corrected chi connectivity index (χ1v) is 6.56. The minimum atomic E-state index is -0.0948. The number of anilines is 1. The quantitative estimate of drug-likeness (QED) is 0.769. The summed E-state index contributed by atoms with van der Waals surface area (Å²) < 4.78 is 11.0. The van der Waals surface area contributed by atoms with Crippen molar-refractivity contribution in [1.82, 2.24) is 0 Å². The Labute approximate surface area is 114 Å². The fourth-order valence-corrected chi connectivity index (χ4v) is 1.57. The van der Waals surface area contributed by atoms with E-state index in [4.69, 9.17) is 21.1 Å². The van der Waals surface area contributed by atoms with E-state index in [9.17, 15) is 0 Å². The largest absolute Gasteiger partial charge is 0.383 e. The molecule has 102 valence electrons. The molecule has 0 aliphatic heterocycles. The van der Waals surface area contributed by atoms with Crippen molar-refractivity contribution < 1.29 is 9.47 Å². The third-order valence-corrected chi connectivity index (χ3v) is 2.40. The summed E-state index contributed by atoms with van der Waals surface area (Å²) in [5, 5.41) is 3.98. The molecule has 1 aromatic rings. The molecule has 0 bridgehead atoms. The Morgan fingerprint density at radius 3 is 2.61 bits per heavy atom. The molecule has 18 heavy (non-hydrogen) atoms. The number of ether oxygens (including phenoxy) is 2. The lowest BCUT2D eigenvalue weighted by Crippen LogP contribution is -2.22. The summed E-state index contributed by atoms with van der Waals surface area (Å²) in [6.45, 7) is 8.76. The van der Waals surface area contributed by atoms with Crippen molar-refractivity contribution in [2.75, 3.05) is 31.7 Å². The molecule has 4 heteroatoms. The number of nitrogens with one attached hydrogen (secondary N) is 1. The standard InChI is InChI=1S/C14H22ClNO2/c1-14(2,3)18-10-9-17-8-7-16-13-6-4-5-12(15)11-13/h4-6,11,16H,7-10H2,1-3H3. The van der Waals surface area contributed by atoms with Gasteiger partial charge in [0.25, 0.3) is 0 Å². The summed E-state index contributed by atoms with van der Waals surface area (Å²) in [6, 6.07) is 7.65. The monoisotopic (exact) mass is 271 g/mol. The van der Waals surface area contributed by atoms with Gasteiger partial charge in [0.2, 0.25) is 0 Å². The molecular weight excluding hydrogens is 250 g/mol. The fourth-order valence-electron chi connectivity index (χ4n) is 1.37. The van der Waals surface area contributed by atoms with Crippen molar-refractivity contribution in [3.05, 3.63) is 29.3 Å². The van der Waals surface area contributed by atoms with Crippen molar-refractivity contribution >= 4 is 17.3 Å². The van der Waals surface area contributed by atoms with E-state index in [-0.39, 0.29) is 5.60 Å². The molecule has 1 N–H and O–H groups in total. The van der Waals surface area contributed by atoms with E-state index >= 15 is 0 Å². The van der Waals surface area contributed by atoms with Gasteiger partial charge in [-0.2, -0.15) is 0 Å². The van der Waals surface area contributed by atoms with Crippen molar-refractivity contribution in [1.29, 1.82) is 0 Å². The highest BCUT2D eigenvalue weighted by Crippen LogP contribution is 2.14. The van der Waals surface area contributed by atoms with Gasteiger partial charge < -0.3 is 14.8 Å². The highest BCUT2D eigenvalue weighted by Gasteiger charge is 2.08. The van der Waals surface area contributed by atoms with Crippen molar-refractivity contribution in [2.24, 2.45) is 0 Å². The van der Waals surface area contributed by atoms with E-state index in [0.717, 1.165) is 17.3 Å². The van der Waals surface area contributed by atoms with Crippen LogP contribution in [0.4, 0.5) is 5.69 Å². The summed E-state index contributed by atoms with van der Waals surface area (Å²) in [5.74, 6) is 0. The van der Waals surface area contributed by atoms with Crippen LogP contribution in [0.1, 0.15) is 20.8 Å². The summed E-state index contributed by atoms with van der Waals surface area (Å²) in [7, 11) is 0. The first kappa shape index (κ1) is 15.3. The van der Waals surface area contributed by atoms with E-state index in [1.54, 1.807) is 0 Å². The van der Waals surface area contributed by atoms with Gasteiger partial charge in [-0.15, -0.1) is 0 Å². The third-order valence-electron chi connectivity index (χ3n) is 2.16. The van der Waals surface area contributed by atoms with E-state index in [0.29, 0.717) is 19.8 Å². The highest BCUT2D eigenvalue weighted by atomic mass is 35.5. The van der Waals surface area contributed by atoms with Crippen LogP contribution >= 0.6 is 11.6 Å². The Kier molecular flexibility index (Phi) is 6.47. The predicted octanol–water partition coefficient (Wildman–Crippen LogP) is 3.58. The van der Waals surface area contributed by atoms with Crippen LogP contribution in [0.2, 0.25) is 5.02 Å². The zero-order valence-corrected chi connectivity index (χ0v) is 12.1. The van der Waals surface area contributed by atoms with Crippen LogP contribution in [0, 0.1) is 0 Å². The number of rotatable bonds is 7. The molecule has 0 saturated heterocycles. The summed E-state index contributed by atoms with van der Waals surface area (Å²) in [6.07, 6.45) is 0. The first-order chi connectivity index (χ1) is 8.47. The molecule has 0 radical (unpaired) electrons. The van der Waals surface area contributed by atoms with Crippen molar-refractivity contribution in [3.8, 4) is 0 Å². The Morgan fingerprint density at radius 2 is 1.94 bits per heavy atom. The molecule has 0 amide bonds. The van der Waals surface area contributed by atoms with Crippen molar-refractivity contribution in [3.63, 3.8) is 0 Å². The molecule has 0 atom stereocenters. The number of halogens is 1. The van der Waals surface area contributed by atoms with Gasteiger partial charge in [0.1, 0.15) is 0 Å². The minimum absolute atomic E-state index is 0.0948. The molecule has 0 spiro atoms. The maximum absolute atomic E-state index is 5.88. The SMILES string of the molecule is CC(C)(C)OCCOCCNc1cccc(Cl)c1. The number of hydrogen-bond donors (Lipinski definition) is 1. The Hall–Kier alpha value is -0.770. The molecule has 1 rings (SSSR count). The van der Waals surface area contributed by atoms with Crippen LogP contribution < -0.4 is 5.32 Å². The molecule has 0 aliphatic rings. The van der Waals surface area contributed by atoms with Gasteiger partial charge in [-0.1, -0.05) is 17.7 Å². The van der Waals surface area contributed by atoms with Gasteiger partial charge in [-0.05, 0) is 39.0 Å². The van der Waals surface area contributed by atoms with E-state index in [1.165, 1.54) is 0 Å². The third kappa shape index (κ3) is 7.54. The number of hydrogen-bond acceptors (Lipinski definition) is 3. The van der Waals surface area contributed by atoms with Gasteiger partial charge in [-0.25, -0.2) is 0 Å². The summed E-state index contributed by atoms with van der Waals surface area (Å²) in [4.78, 5) is 0. The predicted molar refractivity (Wildman–Crippen MR) is 76.5 cm³/mol. The fraction of sp³-hybridized carbons (Fsp3) is 0.571. The average molecular weight is 272 g/mol. The van der Waals surface area contributed by atoms with Crippen molar-refractivity contribution in [2.45, 2.75) is 26.4 Å². The lowest BCUT2D eigenvalue weighted by atomic mass is 10.2.